The number of hydrogen-bond acceptors (Lipinski definition) is 2. The van der Waals surface area contributed by atoms with Gasteiger partial charge in [0, 0.05) is 6.04 Å². The average molecular weight is 177 g/mol. The Kier molecular flexibility index (Phi) is 2.23. The Morgan fingerprint density at radius 3 is 2.38 bits per heavy atom. The van der Waals surface area contributed by atoms with Crippen LogP contribution in [0.2, 0.25) is 0 Å². The average Bonchev–Trinajstić information content (AvgIpc) is 2.06. The third-order valence-electron chi connectivity index (χ3n) is 2.46. The highest BCUT2D eigenvalue weighted by Crippen LogP contribution is 2.24. The van der Waals surface area contributed by atoms with Crippen LogP contribution in [0.15, 0.2) is 24.3 Å². The lowest BCUT2D eigenvalue weighted by atomic mass is 9.90. The maximum atomic E-state index is 5.70. The maximum Gasteiger partial charge on any atom is 0.119 e. The lowest BCUT2D eigenvalue weighted by molar-refractivity contribution is 0.101. The molecule has 0 spiro atoms. The van der Waals surface area contributed by atoms with Gasteiger partial charge in [-0.2, -0.15) is 0 Å². The lowest BCUT2D eigenvalue weighted by Gasteiger charge is -2.32. The molecule has 1 saturated carbocycles. The Morgan fingerprint density at radius 1 is 1.23 bits per heavy atom. The molecular weight excluding hydrogens is 162 g/mol. The van der Waals surface area contributed by atoms with Crippen molar-refractivity contribution in [3.8, 4) is 5.75 Å². The first-order chi connectivity index (χ1) is 6.24. The second-order valence-corrected chi connectivity index (χ2v) is 3.78. The molecule has 0 unspecified atom stereocenters. The van der Waals surface area contributed by atoms with E-state index < -0.39 is 0 Å². The summed E-state index contributed by atoms with van der Waals surface area (Å²) in [5.41, 5.74) is 6.93. The summed E-state index contributed by atoms with van der Waals surface area (Å²) in [5.74, 6) is 0.961. The summed E-state index contributed by atoms with van der Waals surface area (Å²) in [5, 5.41) is 0. The van der Waals surface area contributed by atoms with Crippen LogP contribution in [0.3, 0.4) is 0 Å². The SMILES string of the molecule is Cc1ccc(OC2CC(N)C2)cc1. The van der Waals surface area contributed by atoms with E-state index in [-0.39, 0.29) is 0 Å². The molecule has 0 amide bonds. The van der Waals surface area contributed by atoms with Gasteiger partial charge in [-0.05, 0) is 31.9 Å². The predicted octanol–water partition coefficient (Wildman–Crippen LogP) is 1.86. The predicted molar refractivity (Wildman–Crippen MR) is 52.8 cm³/mol. The molecule has 1 aromatic rings. The van der Waals surface area contributed by atoms with Gasteiger partial charge in [0.25, 0.3) is 0 Å². The van der Waals surface area contributed by atoms with E-state index >= 15 is 0 Å². The fraction of sp³-hybridized carbons (Fsp3) is 0.455. The van der Waals surface area contributed by atoms with Crippen LogP contribution in [0.25, 0.3) is 0 Å². The van der Waals surface area contributed by atoms with Gasteiger partial charge < -0.3 is 10.5 Å². The van der Waals surface area contributed by atoms with E-state index in [4.69, 9.17) is 10.5 Å². The molecule has 13 heavy (non-hydrogen) atoms. The number of ether oxygens (including phenoxy) is 1. The second-order valence-electron chi connectivity index (χ2n) is 3.78. The minimum absolute atomic E-state index is 0.345. The summed E-state index contributed by atoms with van der Waals surface area (Å²) in [4.78, 5) is 0. The molecule has 0 atom stereocenters. The van der Waals surface area contributed by atoms with Crippen LogP contribution in [0.4, 0.5) is 0 Å². The fourth-order valence-corrected chi connectivity index (χ4v) is 1.51. The van der Waals surface area contributed by atoms with Crippen molar-refractivity contribution < 1.29 is 4.74 Å². The Balaban J connectivity index is 1.91. The van der Waals surface area contributed by atoms with Gasteiger partial charge >= 0.3 is 0 Å². The molecule has 2 heteroatoms. The molecule has 2 N–H and O–H groups in total. The summed E-state index contributed by atoms with van der Waals surface area (Å²) in [6.07, 6.45) is 2.33. The summed E-state index contributed by atoms with van der Waals surface area (Å²) in [6, 6.07) is 8.51. The monoisotopic (exact) mass is 177 g/mol. The van der Waals surface area contributed by atoms with E-state index in [9.17, 15) is 0 Å². The molecule has 2 nitrogen and oxygen atoms in total. The van der Waals surface area contributed by atoms with Gasteiger partial charge in [-0.15, -0.1) is 0 Å². The smallest absolute Gasteiger partial charge is 0.119 e. The molecular formula is C11H15NO. The molecule has 1 fully saturated rings. The van der Waals surface area contributed by atoms with Gasteiger partial charge in [-0.1, -0.05) is 17.7 Å². The molecule has 0 heterocycles. The van der Waals surface area contributed by atoms with Crippen molar-refractivity contribution in [1.82, 2.24) is 0 Å². The summed E-state index contributed by atoms with van der Waals surface area (Å²) in [6.45, 7) is 2.07. The Hall–Kier alpha value is -1.02. The van der Waals surface area contributed by atoms with Crippen molar-refractivity contribution in [2.75, 3.05) is 0 Å². The van der Waals surface area contributed by atoms with Gasteiger partial charge in [0.05, 0.1) is 0 Å². The fourth-order valence-electron chi connectivity index (χ4n) is 1.51. The molecule has 0 radical (unpaired) electrons. The molecule has 70 valence electrons. The van der Waals surface area contributed by atoms with Crippen molar-refractivity contribution in [2.24, 2.45) is 5.73 Å². The molecule has 1 aliphatic rings. The van der Waals surface area contributed by atoms with Crippen molar-refractivity contribution in [2.45, 2.75) is 31.9 Å². The van der Waals surface area contributed by atoms with Gasteiger partial charge in [-0.25, -0.2) is 0 Å². The first-order valence-electron chi connectivity index (χ1n) is 4.73. The summed E-state index contributed by atoms with van der Waals surface area (Å²) in [7, 11) is 0. The van der Waals surface area contributed by atoms with Crippen LogP contribution in [0, 0.1) is 6.92 Å². The molecule has 0 bridgehead atoms. The summed E-state index contributed by atoms with van der Waals surface area (Å²) < 4.78 is 5.70. The molecule has 0 aromatic heterocycles. The first-order valence-corrected chi connectivity index (χ1v) is 4.73. The molecule has 2 rings (SSSR count). The Morgan fingerprint density at radius 2 is 1.85 bits per heavy atom. The third kappa shape index (κ3) is 2.01. The quantitative estimate of drug-likeness (QED) is 0.748. The normalized spacial score (nSPS) is 26.6. The molecule has 0 aliphatic heterocycles. The highest BCUT2D eigenvalue weighted by Gasteiger charge is 2.27. The number of nitrogens with two attached hydrogens (primary N) is 1. The van der Waals surface area contributed by atoms with Crippen molar-refractivity contribution in [3.63, 3.8) is 0 Å². The zero-order chi connectivity index (χ0) is 9.26. The van der Waals surface area contributed by atoms with Crippen molar-refractivity contribution >= 4 is 0 Å². The molecule has 0 saturated heterocycles. The Bertz CT molecular complexity index is 275. The van der Waals surface area contributed by atoms with E-state index in [0.29, 0.717) is 12.1 Å². The number of hydrogen-bond donors (Lipinski definition) is 1. The second kappa shape index (κ2) is 3.38. The van der Waals surface area contributed by atoms with E-state index in [0.717, 1.165) is 18.6 Å². The highest BCUT2D eigenvalue weighted by molar-refractivity contribution is 5.26. The van der Waals surface area contributed by atoms with Crippen molar-refractivity contribution in [1.29, 1.82) is 0 Å². The topological polar surface area (TPSA) is 35.2 Å². The number of rotatable bonds is 2. The van der Waals surface area contributed by atoms with E-state index in [1.807, 2.05) is 12.1 Å². The maximum absolute atomic E-state index is 5.70. The Labute approximate surface area is 78.7 Å². The van der Waals surface area contributed by atoms with E-state index in [1.54, 1.807) is 0 Å². The van der Waals surface area contributed by atoms with E-state index in [1.165, 1.54) is 5.56 Å². The minimum atomic E-state index is 0.345. The zero-order valence-electron chi connectivity index (χ0n) is 7.86. The number of benzene rings is 1. The molecule has 1 aromatic carbocycles. The standard InChI is InChI=1S/C11H15NO/c1-8-2-4-10(5-3-8)13-11-6-9(12)7-11/h2-5,9,11H,6-7,12H2,1H3. The summed E-state index contributed by atoms with van der Waals surface area (Å²) >= 11 is 0. The van der Waals surface area contributed by atoms with Crippen molar-refractivity contribution in [3.05, 3.63) is 29.8 Å². The first kappa shape index (κ1) is 8.57. The lowest BCUT2D eigenvalue weighted by Crippen LogP contribution is -2.43. The van der Waals surface area contributed by atoms with E-state index in [2.05, 4.69) is 19.1 Å². The van der Waals surface area contributed by atoms with Crippen LogP contribution in [0.5, 0.6) is 5.75 Å². The molecule has 1 aliphatic carbocycles. The van der Waals surface area contributed by atoms with Crippen LogP contribution >= 0.6 is 0 Å². The number of aryl methyl sites for hydroxylation is 1. The van der Waals surface area contributed by atoms with Gasteiger partial charge in [0.1, 0.15) is 11.9 Å². The van der Waals surface area contributed by atoms with Crippen LogP contribution < -0.4 is 10.5 Å². The van der Waals surface area contributed by atoms with Gasteiger partial charge in [-0.3, -0.25) is 0 Å². The van der Waals surface area contributed by atoms with Crippen LogP contribution in [-0.2, 0) is 0 Å². The third-order valence-corrected chi connectivity index (χ3v) is 2.46. The minimum Gasteiger partial charge on any atom is -0.490 e. The highest BCUT2D eigenvalue weighted by atomic mass is 16.5. The largest absolute Gasteiger partial charge is 0.490 e. The zero-order valence-corrected chi connectivity index (χ0v) is 7.86. The van der Waals surface area contributed by atoms with Crippen LogP contribution in [0.1, 0.15) is 18.4 Å². The van der Waals surface area contributed by atoms with Gasteiger partial charge in [0.2, 0.25) is 0 Å². The van der Waals surface area contributed by atoms with Gasteiger partial charge in [0.15, 0.2) is 0 Å². The van der Waals surface area contributed by atoms with Crippen LogP contribution in [-0.4, -0.2) is 12.1 Å².